The van der Waals surface area contributed by atoms with E-state index >= 15 is 0 Å². The summed E-state index contributed by atoms with van der Waals surface area (Å²) in [5.74, 6) is 2.88. The van der Waals surface area contributed by atoms with Crippen molar-refractivity contribution in [1.82, 2.24) is 14.8 Å². The average molecular weight is 428 g/mol. The maximum atomic E-state index is 12.6. The number of thioether (sulfide) groups is 1. The monoisotopic (exact) mass is 427 g/mol. The summed E-state index contributed by atoms with van der Waals surface area (Å²) < 4.78 is 18.4. The first-order valence-corrected chi connectivity index (χ1v) is 10.5. The van der Waals surface area contributed by atoms with Crippen LogP contribution in [-0.4, -0.2) is 40.5 Å². The van der Waals surface area contributed by atoms with Gasteiger partial charge in [0.1, 0.15) is 12.4 Å². The molecule has 0 saturated carbocycles. The molecule has 30 heavy (non-hydrogen) atoms. The molecule has 0 bridgehead atoms. The van der Waals surface area contributed by atoms with Crippen molar-refractivity contribution in [2.24, 2.45) is 0 Å². The van der Waals surface area contributed by atoms with E-state index in [1.807, 2.05) is 42.7 Å². The molecule has 0 spiro atoms. The summed E-state index contributed by atoms with van der Waals surface area (Å²) in [6, 6.07) is 13.0. The normalized spacial score (nSPS) is 10.7. The molecule has 3 rings (SSSR count). The summed E-state index contributed by atoms with van der Waals surface area (Å²) in [6.07, 6.45) is 0. The number of aryl methyl sites for hydroxylation is 1. The van der Waals surface area contributed by atoms with Gasteiger partial charge in [0.05, 0.1) is 20.0 Å². The number of aromatic nitrogens is 3. The number of carbonyl (C=O) groups is 1. The Morgan fingerprint density at radius 3 is 2.50 bits per heavy atom. The summed E-state index contributed by atoms with van der Waals surface area (Å²) >= 11 is 1.36. The first kappa shape index (κ1) is 21.7. The first-order valence-electron chi connectivity index (χ1n) is 9.55. The number of rotatable bonds is 10. The molecular weight excluding hydrogens is 402 g/mol. The highest BCUT2D eigenvalue weighted by atomic mass is 32.2. The number of carbonyl (C=O) groups excluding carboxylic acids is 1. The van der Waals surface area contributed by atoms with Crippen molar-refractivity contribution < 1.29 is 19.0 Å². The SMILES string of the molecule is CCn1c(COc2ccccc2C)nnc1SCC(=O)c1ccc(OC)c(OC)c1. The standard InChI is InChI=1S/C22H25N3O4S/c1-5-25-21(13-29-18-9-7-6-8-15(18)2)23-24-22(25)30-14-17(26)16-10-11-19(27-3)20(12-16)28-4/h6-12H,5,13-14H2,1-4H3. The lowest BCUT2D eigenvalue weighted by molar-refractivity contribution is 0.102. The van der Waals surface area contributed by atoms with E-state index in [1.165, 1.54) is 11.8 Å². The number of Topliss-reactive ketones (excluding diaryl/α,β-unsaturated/α-hetero) is 1. The number of ketones is 1. The molecule has 0 radical (unpaired) electrons. The highest BCUT2D eigenvalue weighted by molar-refractivity contribution is 7.99. The number of hydrogen-bond acceptors (Lipinski definition) is 7. The van der Waals surface area contributed by atoms with Crippen molar-refractivity contribution in [3.05, 3.63) is 59.4 Å². The van der Waals surface area contributed by atoms with Crippen LogP contribution in [0.15, 0.2) is 47.6 Å². The minimum Gasteiger partial charge on any atom is -0.493 e. The minimum atomic E-state index is -0.0238. The Kier molecular flexibility index (Phi) is 7.35. The maximum absolute atomic E-state index is 12.6. The van der Waals surface area contributed by atoms with Crippen LogP contribution in [0.5, 0.6) is 17.2 Å². The van der Waals surface area contributed by atoms with Crippen LogP contribution in [0, 0.1) is 6.92 Å². The van der Waals surface area contributed by atoms with Gasteiger partial charge in [-0.15, -0.1) is 10.2 Å². The second kappa shape index (κ2) is 10.2. The number of para-hydroxylation sites is 1. The fourth-order valence-electron chi connectivity index (χ4n) is 2.93. The van der Waals surface area contributed by atoms with Gasteiger partial charge in [0.25, 0.3) is 0 Å². The van der Waals surface area contributed by atoms with Crippen LogP contribution in [0.1, 0.15) is 28.7 Å². The van der Waals surface area contributed by atoms with Gasteiger partial charge in [-0.05, 0) is 43.7 Å². The molecule has 1 heterocycles. The fraction of sp³-hybridized carbons (Fsp3) is 0.318. The molecule has 3 aromatic rings. The van der Waals surface area contributed by atoms with Crippen LogP contribution >= 0.6 is 11.8 Å². The van der Waals surface area contributed by atoms with Gasteiger partial charge in [0, 0.05) is 12.1 Å². The van der Waals surface area contributed by atoms with Gasteiger partial charge in [0.2, 0.25) is 0 Å². The van der Waals surface area contributed by atoms with Gasteiger partial charge in [0.15, 0.2) is 28.3 Å². The third-order valence-electron chi connectivity index (χ3n) is 4.60. The molecule has 7 nitrogen and oxygen atoms in total. The highest BCUT2D eigenvalue weighted by Gasteiger charge is 2.16. The molecule has 0 N–H and O–H groups in total. The third kappa shape index (κ3) is 4.94. The first-order chi connectivity index (χ1) is 14.6. The van der Waals surface area contributed by atoms with E-state index in [-0.39, 0.29) is 11.5 Å². The molecule has 0 unspecified atom stereocenters. The van der Waals surface area contributed by atoms with Crippen molar-refractivity contribution in [2.75, 3.05) is 20.0 Å². The lowest BCUT2D eigenvalue weighted by atomic mass is 10.1. The Morgan fingerprint density at radius 2 is 1.80 bits per heavy atom. The van der Waals surface area contributed by atoms with E-state index in [9.17, 15) is 4.79 Å². The van der Waals surface area contributed by atoms with Crippen molar-refractivity contribution in [1.29, 1.82) is 0 Å². The Bertz CT molecular complexity index is 1020. The van der Waals surface area contributed by atoms with Crippen LogP contribution in [-0.2, 0) is 13.2 Å². The van der Waals surface area contributed by atoms with E-state index in [4.69, 9.17) is 14.2 Å². The maximum Gasteiger partial charge on any atom is 0.191 e. The van der Waals surface area contributed by atoms with Gasteiger partial charge >= 0.3 is 0 Å². The average Bonchev–Trinajstić information content (AvgIpc) is 3.18. The van der Waals surface area contributed by atoms with Crippen molar-refractivity contribution in [3.63, 3.8) is 0 Å². The van der Waals surface area contributed by atoms with Gasteiger partial charge in [-0.25, -0.2) is 0 Å². The zero-order valence-corrected chi connectivity index (χ0v) is 18.4. The molecule has 0 aliphatic carbocycles. The molecule has 1 aromatic heterocycles. The molecule has 2 aromatic carbocycles. The number of hydrogen-bond donors (Lipinski definition) is 0. The van der Waals surface area contributed by atoms with Crippen molar-refractivity contribution in [2.45, 2.75) is 32.2 Å². The van der Waals surface area contributed by atoms with Gasteiger partial charge in [-0.2, -0.15) is 0 Å². The number of methoxy groups -OCH3 is 2. The lowest BCUT2D eigenvalue weighted by Gasteiger charge is -2.10. The summed E-state index contributed by atoms with van der Waals surface area (Å²) in [6.45, 7) is 5.02. The van der Waals surface area contributed by atoms with Crippen LogP contribution in [0.4, 0.5) is 0 Å². The highest BCUT2D eigenvalue weighted by Crippen LogP contribution is 2.28. The zero-order valence-electron chi connectivity index (χ0n) is 17.5. The second-order valence-corrected chi connectivity index (χ2v) is 7.42. The van der Waals surface area contributed by atoms with Gasteiger partial charge in [-0.3, -0.25) is 4.79 Å². The summed E-state index contributed by atoms with van der Waals surface area (Å²) in [5.41, 5.74) is 1.63. The Morgan fingerprint density at radius 1 is 1.03 bits per heavy atom. The Hall–Kier alpha value is -3.00. The molecular formula is C22H25N3O4S. The summed E-state index contributed by atoms with van der Waals surface area (Å²) in [4.78, 5) is 12.6. The predicted molar refractivity (Wildman–Crippen MR) is 116 cm³/mol. The minimum absolute atomic E-state index is 0.0238. The Balaban J connectivity index is 1.66. The van der Waals surface area contributed by atoms with E-state index in [0.717, 1.165) is 17.1 Å². The number of benzene rings is 2. The van der Waals surface area contributed by atoms with Crippen LogP contribution < -0.4 is 14.2 Å². The molecule has 0 saturated heterocycles. The van der Waals surface area contributed by atoms with Crippen LogP contribution in [0.3, 0.4) is 0 Å². The van der Waals surface area contributed by atoms with E-state index in [1.54, 1.807) is 32.4 Å². The summed E-state index contributed by atoms with van der Waals surface area (Å²) in [7, 11) is 3.11. The van der Waals surface area contributed by atoms with Crippen LogP contribution in [0.2, 0.25) is 0 Å². The summed E-state index contributed by atoms with van der Waals surface area (Å²) in [5, 5.41) is 9.19. The van der Waals surface area contributed by atoms with E-state index in [0.29, 0.717) is 35.4 Å². The molecule has 0 amide bonds. The van der Waals surface area contributed by atoms with Gasteiger partial charge < -0.3 is 18.8 Å². The molecule has 0 aliphatic rings. The fourth-order valence-corrected chi connectivity index (χ4v) is 3.85. The van der Waals surface area contributed by atoms with Crippen molar-refractivity contribution >= 4 is 17.5 Å². The largest absolute Gasteiger partial charge is 0.493 e. The van der Waals surface area contributed by atoms with E-state index < -0.39 is 0 Å². The molecule has 0 atom stereocenters. The smallest absolute Gasteiger partial charge is 0.191 e. The lowest BCUT2D eigenvalue weighted by Crippen LogP contribution is -2.09. The molecule has 0 fully saturated rings. The number of ether oxygens (including phenoxy) is 3. The molecule has 0 aliphatic heterocycles. The van der Waals surface area contributed by atoms with E-state index in [2.05, 4.69) is 10.2 Å². The second-order valence-electron chi connectivity index (χ2n) is 6.48. The number of nitrogens with zero attached hydrogens (tertiary/aromatic N) is 3. The molecule has 158 valence electrons. The van der Waals surface area contributed by atoms with Crippen LogP contribution in [0.25, 0.3) is 0 Å². The third-order valence-corrected chi connectivity index (χ3v) is 5.56. The molecule has 8 heteroatoms. The topological polar surface area (TPSA) is 75.5 Å². The van der Waals surface area contributed by atoms with Gasteiger partial charge in [-0.1, -0.05) is 30.0 Å². The predicted octanol–water partition coefficient (Wildman–Crippen LogP) is 4.18. The quantitative estimate of drug-likeness (QED) is 0.355. The van der Waals surface area contributed by atoms with Crippen molar-refractivity contribution in [3.8, 4) is 17.2 Å². The Labute approximate surface area is 180 Å². The zero-order chi connectivity index (χ0) is 21.5.